The average Bonchev–Trinajstić information content (AvgIpc) is 3.23. The lowest BCUT2D eigenvalue weighted by Gasteiger charge is -2.05. The summed E-state index contributed by atoms with van der Waals surface area (Å²) in [5.41, 5.74) is 6.97. The summed E-state index contributed by atoms with van der Waals surface area (Å²) in [6, 6.07) is 20.5. The first-order valence-corrected chi connectivity index (χ1v) is 10.7. The average molecular weight is 425 g/mol. The van der Waals surface area contributed by atoms with Gasteiger partial charge in [-0.25, -0.2) is 9.97 Å². The van der Waals surface area contributed by atoms with Crippen LogP contribution < -0.4 is 4.74 Å². The number of fused-ring (bicyclic) bond motifs is 2. The van der Waals surface area contributed by atoms with E-state index in [0.29, 0.717) is 6.42 Å². The summed E-state index contributed by atoms with van der Waals surface area (Å²) >= 11 is 0. The maximum absolute atomic E-state index is 9.10. The molecule has 160 valence electrons. The van der Waals surface area contributed by atoms with Crippen LogP contribution in [0.15, 0.2) is 66.9 Å². The molecule has 0 aliphatic rings. The van der Waals surface area contributed by atoms with Gasteiger partial charge in [-0.15, -0.1) is 0 Å². The molecule has 5 rings (SSSR count). The topological polar surface area (TPSA) is 83.9 Å². The third kappa shape index (κ3) is 4.18. The molecule has 0 saturated carbocycles. The number of aromatic amines is 1. The normalized spacial score (nSPS) is 11.3. The summed E-state index contributed by atoms with van der Waals surface area (Å²) in [7, 11) is 1.66. The summed E-state index contributed by atoms with van der Waals surface area (Å²) in [5, 5.41) is 10.2. The molecule has 0 amide bonds. The van der Waals surface area contributed by atoms with E-state index in [0.717, 1.165) is 68.9 Å². The van der Waals surface area contributed by atoms with Crippen LogP contribution in [0.5, 0.6) is 5.75 Å². The van der Waals surface area contributed by atoms with Crippen molar-refractivity contribution in [2.24, 2.45) is 0 Å². The van der Waals surface area contributed by atoms with Gasteiger partial charge in [-0.2, -0.15) is 0 Å². The molecule has 0 unspecified atom stereocenters. The number of imidazole rings is 1. The number of aryl methyl sites for hydroxylation is 2. The van der Waals surface area contributed by atoms with Crippen LogP contribution in [-0.2, 0) is 19.3 Å². The van der Waals surface area contributed by atoms with Crippen molar-refractivity contribution in [3.05, 3.63) is 83.9 Å². The SMILES string of the molecule is COc1ccnc(CCc2nc3cc4cc(-c5ccc(CCO)cc5)ccc4nc3[nH]2)c1. The Bertz CT molecular complexity index is 1380. The largest absolute Gasteiger partial charge is 0.497 e. The molecule has 0 radical (unpaired) electrons. The van der Waals surface area contributed by atoms with Gasteiger partial charge in [0.25, 0.3) is 0 Å². The number of ether oxygens (including phenoxy) is 1. The molecule has 3 heterocycles. The van der Waals surface area contributed by atoms with E-state index in [1.165, 1.54) is 0 Å². The Balaban J connectivity index is 1.40. The zero-order valence-electron chi connectivity index (χ0n) is 17.9. The second-order valence-corrected chi connectivity index (χ2v) is 7.80. The highest BCUT2D eigenvalue weighted by atomic mass is 16.5. The van der Waals surface area contributed by atoms with Gasteiger partial charge in [0, 0.05) is 36.4 Å². The minimum absolute atomic E-state index is 0.165. The van der Waals surface area contributed by atoms with Crippen molar-refractivity contribution in [3.63, 3.8) is 0 Å². The number of H-pyrrole nitrogens is 1. The molecule has 0 aliphatic heterocycles. The van der Waals surface area contributed by atoms with Crippen LogP contribution in [0.4, 0.5) is 0 Å². The van der Waals surface area contributed by atoms with E-state index in [4.69, 9.17) is 19.8 Å². The van der Waals surface area contributed by atoms with Crippen LogP contribution in [0.25, 0.3) is 33.2 Å². The number of methoxy groups -OCH3 is 1. The van der Waals surface area contributed by atoms with Crippen molar-refractivity contribution in [2.45, 2.75) is 19.3 Å². The van der Waals surface area contributed by atoms with Crippen molar-refractivity contribution in [1.29, 1.82) is 0 Å². The number of rotatable bonds is 7. The first kappa shape index (κ1) is 20.2. The summed E-state index contributed by atoms with van der Waals surface area (Å²) < 4.78 is 5.27. The molecule has 3 aromatic heterocycles. The summed E-state index contributed by atoms with van der Waals surface area (Å²) in [5.74, 6) is 1.71. The van der Waals surface area contributed by atoms with Gasteiger partial charge in [-0.3, -0.25) is 4.98 Å². The third-order valence-corrected chi connectivity index (χ3v) is 5.64. The predicted octanol–water partition coefficient (Wildman–Crippen LogP) is 4.50. The summed E-state index contributed by atoms with van der Waals surface area (Å²) in [4.78, 5) is 17.3. The molecule has 5 aromatic rings. The van der Waals surface area contributed by atoms with Crippen LogP contribution >= 0.6 is 0 Å². The number of benzene rings is 2. The molecule has 6 nitrogen and oxygen atoms in total. The number of hydrogen-bond donors (Lipinski definition) is 2. The quantitative estimate of drug-likeness (QED) is 0.402. The number of aromatic nitrogens is 4. The zero-order chi connectivity index (χ0) is 21.9. The molecule has 0 atom stereocenters. The Morgan fingerprint density at radius 1 is 0.844 bits per heavy atom. The molecule has 6 heteroatoms. The highest BCUT2D eigenvalue weighted by molar-refractivity contribution is 5.92. The first-order chi connectivity index (χ1) is 15.7. The van der Waals surface area contributed by atoms with Crippen molar-refractivity contribution in [1.82, 2.24) is 19.9 Å². The summed E-state index contributed by atoms with van der Waals surface area (Å²) in [6.07, 6.45) is 3.96. The molecule has 0 spiro atoms. The predicted molar refractivity (Wildman–Crippen MR) is 126 cm³/mol. The lowest BCUT2D eigenvalue weighted by Crippen LogP contribution is -1.96. The molecule has 0 bridgehead atoms. The minimum Gasteiger partial charge on any atom is -0.497 e. The molecular weight excluding hydrogens is 400 g/mol. The number of nitrogens with zero attached hydrogens (tertiary/aromatic N) is 3. The third-order valence-electron chi connectivity index (χ3n) is 5.64. The minimum atomic E-state index is 0.165. The fourth-order valence-electron chi connectivity index (χ4n) is 3.91. The Hall–Kier alpha value is -3.77. The van der Waals surface area contributed by atoms with E-state index < -0.39 is 0 Å². The molecule has 0 aliphatic carbocycles. The monoisotopic (exact) mass is 424 g/mol. The van der Waals surface area contributed by atoms with Gasteiger partial charge in [0.2, 0.25) is 0 Å². The van der Waals surface area contributed by atoms with Crippen molar-refractivity contribution in [2.75, 3.05) is 13.7 Å². The Labute approximate surface area is 186 Å². The zero-order valence-corrected chi connectivity index (χ0v) is 17.9. The van der Waals surface area contributed by atoms with Crippen LogP contribution in [-0.4, -0.2) is 38.8 Å². The molecule has 32 heavy (non-hydrogen) atoms. The summed E-state index contributed by atoms with van der Waals surface area (Å²) in [6.45, 7) is 0.165. The lowest BCUT2D eigenvalue weighted by molar-refractivity contribution is 0.299. The number of aliphatic hydroxyl groups is 1. The molecule has 0 fully saturated rings. The van der Waals surface area contributed by atoms with E-state index >= 15 is 0 Å². The second kappa shape index (κ2) is 8.77. The maximum Gasteiger partial charge on any atom is 0.158 e. The van der Waals surface area contributed by atoms with Gasteiger partial charge in [-0.05, 0) is 53.8 Å². The second-order valence-electron chi connectivity index (χ2n) is 7.80. The van der Waals surface area contributed by atoms with E-state index in [2.05, 4.69) is 52.4 Å². The van der Waals surface area contributed by atoms with Crippen molar-refractivity contribution in [3.8, 4) is 16.9 Å². The van der Waals surface area contributed by atoms with E-state index in [1.807, 2.05) is 18.2 Å². The van der Waals surface area contributed by atoms with E-state index in [-0.39, 0.29) is 6.61 Å². The van der Waals surface area contributed by atoms with Crippen LogP contribution in [0, 0.1) is 0 Å². The van der Waals surface area contributed by atoms with E-state index in [9.17, 15) is 0 Å². The fourth-order valence-corrected chi connectivity index (χ4v) is 3.91. The van der Waals surface area contributed by atoms with Gasteiger partial charge < -0.3 is 14.8 Å². The lowest BCUT2D eigenvalue weighted by atomic mass is 10.0. The Kier molecular flexibility index (Phi) is 5.52. The highest BCUT2D eigenvalue weighted by Gasteiger charge is 2.09. The van der Waals surface area contributed by atoms with E-state index in [1.54, 1.807) is 13.3 Å². The van der Waals surface area contributed by atoms with Gasteiger partial charge in [-0.1, -0.05) is 30.3 Å². The van der Waals surface area contributed by atoms with Gasteiger partial charge >= 0.3 is 0 Å². The van der Waals surface area contributed by atoms with Crippen LogP contribution in [0.3, 0.4) is 0 Å². The van der Waals surface area contributed by atoms with Crippen LogP contribution in [0.2, 0.25) is 0 Å². The van der Waals surface area contributed by atoms with Crippen molar-refractivity contribution < 1.29 is 9.84 Å². The number of aliphatic hydroxyl groups excluding tert-OH is 1. The number of pyridine rings is 2. The fraction of sp³-hybridized carbons (Fsp3) is 0.192. The smallest absolute Gasteiger partial charge is 0.158 e. The maximum atomic E-state index is 9.10. The van der Waals surface area contributed by atoms with Gasteiger partial charge in [0.15, 0.2) is 5.65 Å². The highest BCUT2D eigenvalue weighted by Crippen LogP contribution is 2.26. The molecule has 2 N–H and O–H groups in total. The molecular formula is C26H24N4O2. The van der Waals surface area contributed by atoms with Crippen molar-refractivity contribution >= 4 is 22.1 Å². The molecule has 0 saturated heterocycles. The van der Waals surface area contributed by atoms with Gasteiger partial charge in [0.1, 0.15) is 17.1 Å². The standard InChI is InChI=1S/C26H24N4O2/c1-32-22-10-12-27-21(16-22)7-9-25-28-24-15-20-14-19(6-8-23(20)29-26(24)30-25)18-4-2-17(3-5-18)11-13-31/h2-6,8,10,12,14-16,31H,7,9,11,13H2,1H3,(H,28,29,30). The number of hydrogen-bond acceptors (Lipinski definition) is 5. The number of nitrogens with one attached hydrogen (secondary N) is 1. The van der Waals surface area contributed by atoms with Crippen LogP contribution in [0.1, 0.15) is 17.1 Å². The first-order valence-electron chi connectivity index (χ1n) is 10.7. The Morgan fingerprint density at radius 3 is 2.50 bits per heavy atom. The molecule has 2 aromatic carbocycles. The Morgan fingerprint density at radius 2 is 1.69 bits per heavy atom. The van der Waals surface area contributed by atoms with Gasteiger partial charge in [0.05, 0.1) is 12.6 Å².